The molecule has 1 atom stereocenters. The molecule has 0 aromatic carbocycles. The lowest BCUT2D eigenvalue weighted by molar-refractivity contribution is 0.0889. The Labute approximate surface area is 102 Å². The number of hydrogen-bond donors (Lipinski definition) is 0. The van der Waals surface area contributed by atoms with Gasteiger partial charge in [0.05, 0.1) is 6.61 Å². The highest BCUT2D eigenvalue weighted by Crippen LogP contribution is 2.40. The summed E-state index contributed by atoms with van der Waals surface area (Å²) in [5.41, 5.74) is 0.525. The molecule has 90 valence electrons. The maximum absolute atomic E-state index is 5.20. The average molecular weight is 278 g/mol. The fourth-order valence-electron chi connectivity index (χ4n) is 2.51. The second-order valence-corrected chi connectivity index (χ2v) is 5.62. The molecule has 0 aromatic rings. The molecule has 0 radical (unpaired) electrons. The van der Waals surface area contributed by atoms with Gasteiger partial charge in [0, 0.05) is 25.0 Å². The van der Waals surface area contributed by atoms with Crippen molar-refractivity contribution >= 4 is 15.9 Å². The van der Waals surface area contributed by atoms with Gasteiger partial charge in [0.25, 0.3) is 0 Å². The zero-order valence-corrected chi connectivity index (χ0v) is 11.8. The molecule has 0 aromatic heterocycles. The zero-order chi connectivity index (χ0) is 11.3. The molecule has 2 nitrogen and oxygen atoms in total. The Morgan fingerprint density at radius 1 is 1.40 bits per heavy atom. The van der Waals surface area contributed by atoms with Crippen LogP contribution < -0.4 is 0 Å². The molecule has 15 heavy (non-hydrogen) atoms. The number of alkyl halides is 1. The van der Waals surface area contributed by atoms with Crippen molar-refractivity contribution in [2.24, 2.45) is 5.41 Å². The molecule has 0 aliphatic heterocycles. The van der Waals surface area contributed by atoms with Crippen molar-refractivity contribution in [1.29, 1.82) is 0 Å². The van der Waals surface area contributed by atoms with Crippen molar-refractivity contribution < 1.29 is 4.74 Å². The van der Waals surface area contributed by atoms with Crippen LogP contribution in [-0.4, -0.2) is 43.6 Å². The van der Waals surface area contributed by atoms with E-state index in [0.29, 0.717) is 11.5 Å². The average Bonchev–Trinajstić information content (AvgIpc) is 2.67. The van der Waals surface area contributed by atoms with E-state index in [9.17, 15) is 0 Å². The molecular formula is C12H24BrNO. The predicted molar refractivity (Wildman–Crippen MR) is 68.7 cm³/mol. The van der Waals surface area contributed by atoms with Crippen molar-refractivity contribution in [2.75, 3.05) is 32.6 Å². The fourth-order valence-corrected chi connectivity index (χ4v) is 3.25. The summed E-state index contributed by atoms with van der Waals surface area (Å²) in [7, 11) is 3.99. The van der Waals surface area contributed by atoms with Crippen molar-refractivity contribution in [1.82, 2.24) is 4.90 Å². The van der Waals surface area contributed by atoms with Gasteiger partial charge in [-0.05, 0) is 32.2 Å². The summed E-state index contributed by atoms with van der Waals surface area (Å²) in [6.45, 7) is 4.26. The summed E-state index contributed by atoms with van der Waals surface area (Å²) in [4.78, 5) is 2.44. The van der Waals surface area contributed by atoms with Crippen LogP contribution in [0.4, 0.5) is 0 Å². The molecular weight excluding hydrogens is 254 g/mol. The third-order valence-corrected chi connectivity index (χ3v) is 4.88. The van der Waals surface area contributed by atoms with E-state index in [-0.39, 0.29) is 0 Å². The van der Waals surface area contributed by atoms with Gasteiger partial charge in [-0.3, -0.25) is 0 Å². The topological polar surface area (TPSA) is 12.5 Å². The highest BCUT2D eigenvalue weighted by Gasteiger charge is 2.34. The molecule has 1 aliphatic rings. The van der Waals surface area contributed by atoms with Gasteiger partial charge in [-0.1, -0.05) is 28.8 Å². The second kappa shape index (κ2) is 6.21. The molecule has 1 fully saturated rings. The van der Waals surface area contributed by atoms with E-state index in [1.807, 2.05) is 0 Å². The SMILES string of the molecule is COCC(C)N(C)CC1(CBr)CCCC1. The Hall–Kier alpha value is 0.400. The molecule has 1 rings (SSSR count). The van der Waals surface area contributed by atoms with Crippen LogP contribution in [0.2, 0.25) is 0 Å². The summed E-state index contributed by atoms with van der Waals surface area (Å²) >= 11 is 3.69. The van der Waals surface area contributed by atoms with E-state index < -0.39 is 0 Å². The third-order valence-electron chi connectivity index (χ3n) is 3.69. The normalized spacial score (nSPS) is 22.2. The molecule has 1 aliphatic carbocycles. The monoisotopic (exact) mass is 277 g/mol. The number of rotatable bonds is 6. The van der Waals surface area contributed by atoms with Crippen LogP contribution in [0.3, 0.4) is 0 Å². The Bertz CT molecular complexity index is 180. The van der Waals surface area contributed by atoms with E-state index in [1.165, 1.54) is 32.2 Å². The molecule has 0 amide bonds. The fraction of sp³-hybridized carbons (Fsp3) is 1.00. The first kappa shape index (κ1) is 13.5. The van der Waals surface area contributed by atoms with Crippen LogP contribution >= 0.6 is 15.9 Å². The first-order valence-electron chi connectivity index (χ1n) is 5.89. The lowest BCUT2D eigenvalue weighted by atomic mass is 9.88. The maximum Gasteiger partial charge on any atom is 0.0615 e. The van der Waals surface area contributed by atoms with Gasteiger partial charge in [0.15, 0.2) is 0 Å². The number of hydrogen-bond acceptors (Lipinski definition) is 2. The summed E-state index contributed by atoms with van der Waals surface area (Å²) in [6, 6.07) is 0.520. The maximum atomic E-state index is 5.20. The van der Waals surface area contributed by atoms with E-state index in [4.69, 9.17) is 4.74 Å². The largest absolute Gasteiger partial charge is 0.383 e. The lowest BCUT2D eigenvalue weighted by Crippen LogP contribution is -2.41. The van der Waals surface area contributed by atoms with Gasteiger partial charge in [0.1, 0.15) is 0 Å². The van der Waals surface area contributed by atoms with Gasteiger partial charge in [0.2, 0.25) is 0 Å². The van der Waals surface area contributed by atoms with E-state index >= 15 is 0 Å². The van der Waals surface area contributed by atoms with Gasteiger partial charge in [-0.25, -0.2) is 0 Å². The Morgan fingerprint density at radius 3 is 2.47 bits per heavy atom. The standard InChI is InChI=1S/C12H24BrNO/c1-11(8-15-3)14(2)10-12(9-13)6-4-5-7-12/h11H,4-10H2,1-3H3. The first-order chi connectivity index (χ1) is 7.13. The molecule has 0 spiro atoms. The molecule has 0 N–H and O–H groups in total. The Morgan fingerprint density at radius 2 is 2.00 bits per heavy atom. The van der Waals surface area contributed by atoms with Gasteiger partial charge in [-0.15, -0.1) is 0 Å². The quantitative estimate of drug-likeness (QED) is 0.693. The number of nitrogens with zero attached hydrogens (tertiary/aromatic N) is 1. The van der Waals surface area contributed by atoms with Crippen LogP contribution in [0.1, 0.15) is 32.6 Å². The Balaban J connectivity index is 2.43. The van der Waals surface area contributed by atoms with Crippen molar-refractivity contribution in [3.05, 3.63) is 0 Å². The first-order valence-corrected chi connectivity index (χ1v) is 7.01. The molecule has 1 saturated carbocycles. The van der Waals surface area contributed by atoms with Crippen molar-refractivity contribution in [3.63, 3.8) is 0 Å². The minimum absolute atomic E-state index is 0.520. The minimum atomic E-state index is 0.520. The summed E-state index contributed by atoms with van der Waals surface area (Å²) in [6.07, 6.45) is 5.56. The highest BCUT2D eigenvalue weighted by molar-refractivity contribution is 9.09. The van der Waals surface area contributed by atoms with Crippen molar-refractivity contribution in [3.8, 4) is 0 Å². The molecule has 0 heterocycles. The minimum Gasteiger partial charge on any atom is -0.383 e. The lowest BCUT2D eigenvalue weighted by Gasteiger charge is -2.35. The van der Waals surface area contributed by atoms with Crippen LogP contribution in [0, 0.1) is 5.41 Å². The van der Waals surface area contributed by atoms with Crippen LogP contribution in [0.15, 0.2) is 0 Å². The molecule has 3 heteroatoms. The van der Waals surface area contributed by atoms with Crippen LogP contribution in [0.25, 0.3) is 0 Å². The Kier molecular flexibility index (Phi) is 5.58. The van der Waals surface area contributed by atoms with Gasteiger partial charge < -0.3 is 9.64 Å². The number of ether oxygens (including phenoxy) is 1. The predicted octanol–water partition coefficient (Wildman–Crippen LogP) is 2.91. The van der Waals surface area contributed by atoms with Crippen LogP contribution in [0.5, 0.6) is 0 Å². The second-order valence-electron chi connectivity index (χ2n) is 5.06. The number of methoxy groups -OCH3 is 1. The van der Waals surface area contributed by atoms with Crippen LogP contribution in [-0.2, 0) is 4.74 Å². The molecule has 0 saturated heterocycles. The van der Waals surface area contributed by atoms with Gasteiger partial charge >= 0.3 is 0 Å². The summed E-state index contributed by atoms with van der Waals surface area (Å²) in [5.74, 6) is 0. The van der Waals surface area contributed by atoms with E-state index in [1.54, 1.807) is 7.11 Å². The molecule has 1 unspecified atom stereocenters. The van der Waals surface area contributed by atoms with E-state index in [2.05, 4.69) is 34.8 Å². The summed E-state index contributed by atoms with van der Waals surface area (Å²) in [5, 5.41) is 1.14. The zero-order valence-electron chi connectivity index (χ0n) is 10.3. The van der Waals surface area contributed by atoms with E-state index in [0.717, 1.165) is 11.9 Å². The highest BCUT2D eigenvalue weighted by atomic mass is 79.9. The number of halogens is 1. The smallest absolute Gasteiger partial charge is 0.0615 e. The van der Waals surface area contributed by atoms with Crippen molar-refractivity contribution in [2.45, 2.75) is 38.6 Å². The third kappa shape index (κ3) is 3.72. The number of likely N-dealkylation sites (N-methyl/N-ethyl adjacent to an activating group) is 1. The molecule has 0 bridgehead atoms. The summed E-state index contributed by atoms with van der Waals surface area (Å²) < 4.78 is 5.20. The van der Waals surface area contributed by atoms with Gasteiger partial charge in [-0.2, -0.15) is 0 Å².